The molecular formula is C24H25N7O3. The van der Waals surface area contributed by atoms with Crippen molar-refractivity contribution in [2.45, 2.75) is 6.10 Å². The maximum Gasteiger partial charge on any atom is 0.258 e. The zero-order valence-corrected chi connectivity index (χ0v) is 19.4. The monoisotopic (exact) mass is 459 g/mol. The molecule has 1 fully saturated rings. The molecule has 174 valence electrons. The Kier molecular flexibility index (Phi) is 6.56. The van der Waals surface area contributed by atoms with Crippen molar-refractivity contribution >= 4 is 17.5 Å². The van der Waals surface area contributed by atoms with E-state index in [1.165, 1.54) is 18.3 Å². The molecule has 2 aromatic heterocycles. The lowest BCUT2D eigenvalue weighted by Gasteiger charge is -2.36. The van der Waals surface area contributed by atoms with E-state index in [0.29, 0.717) is 34.2 Å². The number of nitrogens with one attached hydrogen (secondary N) is 1. The first-order chi connectivity index (χ1) is 16.4. The van der Waals surface area contributed by atoms with Crippen LogP contribution in [-0.4, -0.2) is 78.1 Å². The fourth-order valence-electron chi connectivity index (χ4n) is 3.56. The molecule has 1 aliphatic rings. The van der Waals surface area contributed by atoms with Gasteiger partial charge in [-0.15, -0.1) is 0 Å². The van der Waals surface area contributed by atoms with E-state index in [0.717, 1.165) is 18.7 Å². The van der Waals surface area contributed by atoms with Crippen LogP contribution < -0.4 is 14.8 Å². The van der Waals surface area contributed by atoms with Crippen molar-refractivity contribution in [3.05, 3.63) is 53.9 Å². The fraction of sp³-hybridized carbons (Fsp3) is 0.292. The largest absolute Gasteiger partial charge is 0.486 e. The van der Waals surface area contributed by atoms with Crippen molar-refractivity contribution in [1.82, 2.24) is 24.8 Å². The molecule has 10 heteroatoms. The molecule has 1 saturated heterocycles. The number of nitriles is 1. The van der Waals surface area contributed by atoms with Crippen molar-refractivity contribution in [3.63, 3.8) is 0 Å². The van der Waals surface area contributed by atoms with Gasteiger partial charge in [-0.1, -0.05) is 0 Å². The highest BCUT2D eigenvalue weighted by atomic mass is 16.5. The Morgan fingerprint density at radius 2 is 1.97 bits per heavy atom. The van der Waals surface area contributed by atoms with Gasteiger partial charge >= 0.3 is 0 Å². The summed E-state index contributed by atoms with van der Waals surface area (Å²) in [5.74, 6) is 1.54. The van der Waals surface area contributed by atoms with Gasteiger partial charge in [0.15, 0.2) is 0 Å². The van der Waals surface area contributed by atoms with Gasteiger partial charge < -0.3 is 19.7 Å². The van der Waals surface area contributed by atoms with Crippen LogP contribution in [0, 0.1) is 11.3 Å². The lowest BCUT2D eigenvalue weighted by atomic mass is 10.1. The fourth-order valence-corrected chi connectivity index (χ4v) is 3.56. The Morgan fingerprint density at radius 3 is 2.65 bits per heavy atom. The Labute approximate surface area is 197 Å². The van der Waals surface area contributed by atoms with Gasteiger partial charge in [-0.2, -0.15) is 10.2 Å². The number of nitrogens with zero attached hydrogens (tertiary/aromatic N) is 6. The van der Waals surface area contributed by atoms with Gasteiger partial charge in [-0.25, -0.2) is 9.97 Å². The number of ether oxygens (including phenoxy) is 2. The number of amides is 1. The van der Waals surface area contributed by atoms with Crippen LogP contribution in [0.2, 0.25) is 0 Å². The third kappa shape index (κ3) is 4.89. The molecule has 1 aromatic carbocycles. The number of likely N-dealkylation sites (tertiary alicyclic amines) is 1. The molecule has 1 amide bonds. The molecule has 34 heavy (non-hydrogen) atoms. The second-order valence-electron chi connectivity index (χ2n) is 8.15. The molecule has 0 spiro atoms. The van der Waals surface area contributed by atoms with Crippen LogP contribution in [0.25, 0.3) is 11.3 Å². The predicted octanol–water partition coefficient (Wildman–Crippen LogP) is 2.56. The third-order valence-electron chi connectivity index (χ3n) is 5.33. The van der Waals surface area contributed by atoms with Crippen LogP contribution in [0.4, 0.5) is 11.6 Å². The standard InChI is InChI=1S/C24H25N7O3/c1-30(2)24(32)18-6-8-21(29-23(18)33-4)28-22-10-19(26-14-27-22)15-5-7-20(16(9-15)11-25)34-17-12-31(3)13-17/h5-10,14,17H,12-13H2,1-4H3,(H,26,27,28,29). The van der Waals surface area contributed by atoms with E-state index in [4.69, 9.17) is 9.47 Å². The van der Waals surface area contributed by atoms with Gasteiger partial charge in [-0.3, -0.25) is 9.69 Å². The highest BCUT2D eigenvalue weighted by Gasteiger charge is 2.25. The highest BCUT2D eigenvalue weighted by Crippen LogP contribution is 2.28. The smallest absolute Gasteiger partial charge is 0.258 e. The minimum Gasteiger partial charge on any atom is -0.486 e. The summed E-state index contributed by atoms with van der Waals surface area (Å²) < 4.78 is 11.2. The van der Waals surface area contributed by atoms with E-state index in [9.17, 15) is 10.1 Å². The summed E-state index contributed by atoms with van der Waals surface area (Å²) in [5, 5.41) is 12.7. The number of methoxy groups -OCH3 is 1. The number of aromatic nitrogens is 3. The van der Waals surface area contributed by atoms with Crippen molar-refractivity contribution in [3.8, 4) is 29.0 Å². The first kappa shape index (κ1) is 22.9. The normalized spacial score (nSPS) is 13.5. The summed E-state index contributed by atoms with van der Waals surface area (Å²) in [6.07, 6.45) is 1.53. The van der Waals surface area contributed by atoms with Gasteiger partial charge in [0.2, 0.25) is 5.88 Å². The van der Waals surface area contributed by atoms with Crippen LogP contribution in [0.3, 0.4) is 0 Å². The molecule has 3 heterocycles. The molecule has 1 aliphatic heterocycles. The number of carbonyl (C=O) groups excluding carboxylic acids is 1. The van der Waals surface area contributed by atoms with E-state index < -0.39 is 0 Å². The van der Waals surface area contributed by atoms with Crippen LogP contribution in [-0.2, 0) is 0 Å². The predicted molar refractivity (Wildman–Crippen MR) is 126 cm³/mol. The number of benzene rings is 1. The summed E-state index contributed by atoms with van der Waals surface area (Å²) in [6, 6.07) is 12.7. The SMILES string of the molecule is COc1nc(Nc2cc(-c3ccc(OC4CN(C)C4)c(C#N)c3)ncn2)ccc1C(=O)N(C)C. The molecule has 0 unspecified atom stereocenters. The lowest BCUT2D eigenvalue weighted by Crippen LogP contribution is -2.51. The molecule has 10 nitrogen and oxygen atoms in total. The summed E-state index contributed by atoms with van der Waals surface area (Å²) in [5.41, 5.74) is 2.21. The zero-order chi connectivity index (χ0) is 24.2. The maximum atomic E-state index is 12.3. The quantitative estimate of drug-likeness (QED) is 0.569. The van der Waals surface area contributed by atoms with Crippen molar-refractivity contribution in [2.24, 2.45) is 0 Å². The van der Waals surface area contributed by atoms with Crippen LogP contribution in [0.15, 0.2) is 42.7 Å². The van der Waals surface area contributed by atoms with E-state index in [1.807, 2.05) is 13.1 Å². The molecule has 3 aromatic rings. The van der Waals surface area contributed by atoms with Crippen molar-refractivity contribution in [1.29, 1.82) is 5.26 Å². The average Bonchev–Trinajstić information content (AvgIpc) is 2.82. The Hall–Kier alpha value is -4.23. The number of rotatable bonds is 7. The third-order valence-corrected chi connectivity index (χ3v) is 5.33. The lowest BCUT2D eigenvalue weighted by molar-refractivity contribution is 0.0386. The van der Waals surface area contributed by atoms with E-state index in [1.54, 1.807) is 44.4 Å². The summed E-state index contributed by atoms with van der Waals surface area (Å²) in [6.45, 7) is 1.69. The van der Waals surface area contributed by atoms with Gasteiger partial charge in [-0.05, 0) is 37.4 Å². The molecule has 0 radical (unpaired) electrons. The Bertz CT molecular complexity index is 1250. The van der Waals surface area contributed by atoms with Crippen molar-refractivity contribution < 1.29 is 14.3 Å². The van der Waals surface area contributed by atoms with Crippen molar-refractivity contribution in [2.75, 3.05) is 46.7 Å². The highest BCUT2D eigenvalue weighted by molar-refractivity contribution is 5.96. The molecule has 0 aliphatic carbocycles. The Balaban J connectivity index is 1.54. The number of hydrogen-bond acceptors (Lipinski definition) is 9. The zero-order valence-electron chi connectivity index (χ0n) is 19.4. The minimum absolute atomic E-state index is 0.0988. The van der Waals surface area contributed by atoms with Gasteiger partial charge in [0.1, 0.15) is 41.4 Å². The molecular weight excluding hydrogens is 434 g/mol. The van der Waals surface area contributed by atoms with Crippen LogP contribution in [0.5, 0.6) is 11.6 Å². The molecule has 0 saturated carbocycles. The van der Waals surface area contributed by atoms with Crippen LogP contribution in [0.1, 0.15) is 15.9 Å². The van der Waals surface area contributed by atoms with Gasteiger partial charge in [0, 0.05) is 38.8 Å². The Morgan fingerprint density at radius 1 is 1.18 bits per heavy atom. The second-order valence-corrected chi connectivity index (χ2v) is 8.15. The molecule has 0 atom stereocenters. The average molecular weight is 460 g/mol. The number of pyridine rings is 1. The van der Waals surface area contributed by atoms with Crippen LogP contribution >= 0.6 is 0 Å². The first-order valence-electron chi connectivity index (χ1n) is 10.6. The molecule has 1 N–H and O–H groups in total. The number of carbonyl (C=O) groups is 1. The number of hydrogen-bond donors (Lipinski definition) is 1. The topological polar surface area (TPSA) is 116 Å². The second kappa shape index (κ2) is 9.72. The first-order valence-corrected chi connectivity index (χ1v) is 10.6. The summed E-state index contributed by atoms with van der Waals surface area (Å²) >= 11 is 0. The minimum atomic E-state index is -0.203. The maximum absolute atomic E-state index is 12.3. The van der Waals surface area contributed by atoms with Gasteiger partial charge in [0.05, 0.1) is 18.4 Å². The van der Waals surface area contributed by atoms with E-state index in [2.05, 4.69) is 31.2 Å². The van der Waals surface area contributed by atoms with E-state index in [-0.39, 0.29) is 17.9 Å². The van der Waals surface area contributed by atoms with Gasteiger partial charge in [0.25, 0.3) is 5.91 Å². The number of anilines is 2. The molecule has 4 rings (SSSR count). The molecule has 0 bridgehead atoms. The van der Waals surface area contributed by atoms with E-state index >= 15 is 0 Å². The summed E-state index contributed by atoms with van der Waals surface area (Å²) in [4.78, 5) is 28.9. The summed E-state index contributed by atoms with van der Waals surface area (Å²) in [7, 11) is 6.82. The number of likely N-dealkylation sites (N-methyl/N-ethyl adjacent to an activating group) is 1.